The van der Waals surface area contributed by atoms with Crippen LogP contribution in [0, 0.1) is 11.8 Å². The normalized spacial score (nSPS) is 27.5. The molecule has 76 valence electrons. The average molecular weight is 200 g/mol. The Morgan fingerprint density at radius 3 is 2.67 bits per heavy atom. The Balaban J connectivity index is 1.96. The van der Waals surface area contributed by atoms with Crippen molar-refractivity contribution in [1.82, 2.24) is 0 Å². The van der Waals surface area contributed by atoms with Crippen molar-refractivity contribution in [2.75, 3.05) is 7.11 Å². The van der Waals surface area contributed by atoms with Crippen molar-refractivity contribution in [3.8, 4) is 0 Å². The molecule has 1 aliphatic carbocycles. The zero-order valence-electron chi connectivity index (χ0n) is 8.55. The van der Waals surface area contributed by atoms with Gasteiger partial charge in [0.15, 0.2) is 0 Å². The molecule has 0 spiro atoms. The molecule has 0 N–H and O–H groups in total. The van der Waals surface area contributed by atoms with Gasteiger partial charge in [-0.15, -0.1) is 5.10 Å². The Hall–Kier alpha value is -1.64. The Morgan fingerprint density at radius 1 is 1.13 bits per heavy atom. The third-order valence-electron chi connectivity index (χ3n) is 2.99. The summed E-state index contributed by atoms with van der Waals surface area (Å²) in [7, 11) is 1.66. The molecule has 1 heterocycles. The average Bonchev–Trinajstić information content (AvgIpc) is 3.08. The number of benzene rings is 1. The molecule has 2 aliphatic rings. The van der Waals surface area contributed by atoms with Gasteiger partial charge in [-0.1, -0.05) is 30.3 Å². The first-order valence-corrected chi connectivity index (χ1v) is 5.15. The third kappa shape index (κ3) is 1.35. The molecule has 1 saturated carbocycles. The van der Waals surface area contributed by atoms with Crippen molar-refractivity contribution < 1.29 is 4.74 Å². The van der Waals surface area contributed by atoms with Gasteiger partial charge < -0.3 is 4.74 Å². The van der Waals surface area contributed by atoms with Crippen LogP contribution in [0.5, 0.6) is 0 Å². The Morgan fingerprint density at radius 2 is 1.93 bits per heavy atom. The van der Waals surface area contributed by atoms with Gasteiger partial charge in [0, 0.05) is 11.8 Å². The van der Waals surface area contributed by atoms with Crippen LogP contribution in [-0.4, -0.2) is 18.7 Å². The summed E-state index contributed by atoms with van der Waals surface area (Å²) in [6.45, 7) is 0. The van der Waals surface area contributed by atoms with Crippen molar-refractivity contribution in [2.24, 2.45) is 22.0 Å². The molecule has 0 saturated heterocycles. The molecule has 15 heavy (non-hydrogen) atoms. The van der Waals surface area contributed by atoms with Crippen molar-refractivity contribution in [2.45, 2.75) is 6.42 Å². The summed E-state index contributed by atoms with van der Waals surface area (Å²) in [4.78, 5) is 0. The van der Waals surface area contributed by atoms with Gasteiger partial charge in [-0.05, 0) is 12.0 Å². The van der Waals surface area contributed by atoms with Crippen LogP contribution in [0.2, 0.25) is 0 Å². The summed E-state index contributed by atoms with van der Waals surface area (Å²) in [5, 5.41) is 8.37. The number of fused-ring (bicyclic) bond motifs is 1. The third-order valence-corrected chi connectivity index (χ3v) is 2.99. The van der Waals surface area contributed by atoms with E-state index in [2.05, 4.69) is 22.3 Å². The molecule has 3 nitrogen and oxygen atoms in total. The molecule has 1 fully saturated rings. The van der Waals surface area contributed by atoms with Crippen LogP contribution in [0.4, 0.5) is 0 Å². The predicted octanol–water partition coefficient (Wildman–Crippen LogP) is 2.09. The molecule has 2 unspecified atom stereocenters. The first kappa shape index (κ1) is 8.65. The van der Waals surface area contributed by atoms with Gasteiger partial charge in [-0.25, -0.2) is 0 Å². The highest BCUT2D eigenvalue weighted by molar-refractivity contribution is 6.08. The van der Waals surface area contributed by atoms with E-state index in [0.717, 1.165) is 18.0 Å². The number of hydrogen-bond donors (Lipinski definition) is 0. The van der Waals surface area contributed by atoms with E-state index in [9.17, 15) is 0 Å². The molecule has 0 amide bonds. The summed E-state index contributed by atoms with van der Waals surface area (Å²) in [6.07, 6.45) is 1.13. The molecule has 0 aromatic heterocycles. The van der Waals surface area contributed by atoms with E-state index in [1.165, 1.54) is 5.56 Å². The predicted molar refractivity (Wildman–Crippen MR) is 59.0 cm³/mol. The molecule has 0 bridgehead atoms. The molecule has 0 radical (unpaired) electrons. The molecule has 3 rings (SSSR count). The van der Waals surface area contributed by atoms with E-state index < -0.39 is 0 Å². The lowest BCUT2D eigenvalue weighted by Gasteiger charge is -2.10. The number of ether oxygens (including phenoxy) is 1. The van der Waals surface area contributed by atoms with Crippen LogP contribution >= 0.6 is 0 Å². The number of methoxy groups -OCH3 is 1. The zero-order chi connectivity index (χ0) is 10.3. The van der Waals surface area contributed by atoms with Gasteiger partial charge >= 0.3 is 0 Å². The minimum atomic E-state index is 0.475. The fourth-order valence-corrected chi connectivity index (χ4v) is 2.09. The van der Waals surface area contributed by atoms with Crippen LogP contribution in [0.3, 0.4) is 0 Å². The van der Waals surface area contributed by atoms with Crippen molar-refractivity contribution >= 4 is 11.6 Å². The minimum absolute atomic E-state index is 0.475. The highest BCUT2D eigenvalue weighted by Crippen LogP contribution is 2.44. The summed E-state index contributed by atoms with van der Waals surface area (Å²) in [5.74, 6) is 1.79. The maximum atomic E-state index is 5.17. The topological polar surface area (TPSA) is 34.0 Å². The van der Waals surface area contributed by atoms with E-state index in [1.54, 1.807) is 7.11 Å². The van der Waals surface area contributed by atoms with E-state index in [-0.39, 0.29) is 0 Å². The standard InChI is InChI=1S/C12H12N2O/c1-15-12-10-7-9(10)11(13-14-12)8-5-3-2-4-6-8/h2-6,9-10H,7H2,1H3. The first-order valence-electron chi connectivity index (χ1n) is 5.15. The largest absolute Gasteiger partial charge is 0.483 e. The molecule has 1 aliphatic heterocycles. The van der Waals surface area contributed by atoms with E-state index in [0.29, 0.717) is 11.8 Å². The van der Waals surface area contributed by atoms with E-state index >= 15 is 0 Å². The lowest BCUT2D eigenvalue weighted by atomic mass is 10.0. The minimum Gasteiger partial charge on any atom is -0.483 e. The fraction of sp³-hybridized carbons (Fsp3) is 0.333. The number of rotatable bonds is 1. The smallest absolute Gasteiger partial charge is 0.212 e. The Bertz CT molecular complexity index is 436. The zero-order valence-corrected chi connectivity index (χ0v) is 8.55. The summed E-state index contributed by atoms with van der Waals surface area (Å²) in [5.41, 5.74) is 2.30. The molecule has 1 aromatic rings. The van der Waals surface area contributed by atoms with Crippen LogP contribution in [0.25, 0.3) is 0 Å². The second kappa shape index (κ2) is 3.19. The van der Waals surface area contributed by atoms with Gasteiger partial charge in [-0.2, -0.15) is 5.10 Å². The monoisotopic (exact) mass is 200 g/mol. The second-order valence-corrected chi connectivity index (χ2v) is 3.94. The van der Waals surface area contributed by atoms with Gasteiger partial charge in [0.25, 0.3) is 0 Å². The molecular formula is C12H12N2O. The van der Waals surface area contributed by atoms with E-state index in [1.807, 2.05) is 18.2 Å². The quantitative estimate of drug-likeness (QED) is 0.683. The maximum absolute atomic E-state index is 5.17. The summed E-state index contributed by atoms with van der Waals surface area (Å²) < 4.78 is 5.17. The first-order chi connectivity index (χ1) is 7.40. The van der Waals surface area contributed by atoms with Crippen molar-refractivity contribution in [3.05, 3.63) is 35.9 Å². The SMILES string of the molecule is COC1=NN=C(c2ccccc2)C2CC12. The molecule has 3 heteroatoms. The molecule has 1 aromatic carbocycles. The van der Waals surface area contributed by atoms with Crippen LogP contribution in [0.15, 0.2) is 40.5 Å². The number of nitrogens with zero attached hydrogens (tertiary/aromatic N) is 2. The van der Waals surface area contributed by atoms with Gasteiger partial charge in [0.1, 0.15) is 0 Å². The highest BCUT2D eigenvalue weighted by atomic mass is 16.5. The molecular weight excluding hydrogens is 188 g/mol. The number of hydrogen-bond acceptors (Lipinski definition) is 3. The van der Waals surface area contributed by atoms with Crippen LogP contribution in [0.1, 0.15) is 12.0 Å². The summed E-state index contributed by atoms with van der Waals surface area (Å²) >= 11 is 0. The molecule has 2 atom stereocenters. The van der Waals surface area contributed by atoms with Crippen molar-refractivity contribution in [1.29, 1.82) is 0 Å². The van der Waals surface area contributed by atoms with Gasteiger partial charge in [-0.3, -0.25) is 0 Å². The van der Waals surface area contributed by atoms with E-state index in [4.69, 9.17) is 4.74 Å². The van der Waals surface area contributed by atoms with Gasteiger partial charge in [0.05, 0.1) is 12.8 Å². The Kier molecular flexibility index (Phi) is 1.84. The second-order valence-electron chi connectivity index (χ2n) is 3.94. The lowest BCUT2D eigenvalue weighted by Crippen LogP contribution is -2.15. The highest BCUT2D eigenvalue weighted by Gasteiger charge is 2.48. The maximum Gasteiger partial charge on any atom is 0.212 e. The van der Waals surface area contributed by atoms with Crippen LogP contribution < -0.4 is 0 Å². The Labute approximate surface area is 88.5 Å². The van der Waals surface area contributed by atoms with Gasteiger partial charge in [0.2, 0.25) is 5.90 Å². The summed E-state index contributed by atoms with van der Waals surface area (Å²) in [6, 6.07) is 10.2. The fourth-order valence-electron chi connectivity index (χ4n) is 2.09. The van der Waals surface area contributed by atoms with Crippen LogP contribution in [-0.2, 0) is 4.74 Å². The van der Waals surface area contributed by atoms with Crippen molar-refractivity contribution in [3.63, 3.8) is 0 Å². The lowest BCUT2D eigenvalue weighted by molar-refractivity contribution is 0.382.